The zero-order chi connectivity index (χ0) is 7.56. The van der Waals surface area contributed by atoms with Gasteiger partial charge < -0.3 is 5.11 Å². The Morgan fingerprint density at radius 3 is 2.90 bits per heavy atom. The summed E-state index contributed by atoms with van der Waals surface area (Å²) in [6, 6.07) is 1.69. The van der Waals surface area contributed by atoms with Crippen molar-refractivity contribution in [3.63, 3.8) is 0 Å². The van der Waals surface area contributed by atoms with Crippen molar-refractivity contribution in [3.8, 4) is 0 Å². The van der Waals surface area contributed by atoms with E-state index >= 15 is 0 Å². The number of aryl methyl sites for hydroxylation is 1. The van der Waals surface area contributed by atoms with Crippen molar-refractivity contribution >= 4 is 6.09 Å². The molecule has 1 rings (SSSR count). The van der Waals surface area contributed by atoms with Gasteiger partial charge in [0.05, 0.1) is 5.69 Å². The van der Waals surface area contributed by atoms with Gasteiger partial charge in [0, 0.05) is 6.20 Å². The second-order valence-electron chi connectivity index (χ2n) is 1.89. The van der Waals surface area contributed by atoms with E-state index in [1.165, 1.54) is 6.20 Å². The average molecular weight is 140 g/mol. The highest BCUT2D eigenvalue weighted by molar-refractivity contribution is 5.66. The van der Waals surface area contributed by atoms with Gasteiger partial charge in [-0.3, -0.25) is 0 Å². The fraction of sp³-hybridized carbons (Fsp3) is 0.333. The number of carboxylic acid groups (broad SMARTS) is 1. The molecule has 1 heterocycles. The third-order valence-corrected chi connectivity index (χ3v) is 1.20. The van der Waals surface area contributed by atoms with E-state index < -0.39 is 6.09 Å². The summed E-state index contributed by atoms with van der Waals surface area (Å²) in [5, 5.41) is 12.1. The smallest absolute Gasteiger partial charge is 0.432 e. The molecule has 0 saturated heterocycles. The van der Waals surface area contributed by atoms with Gasteiger partial charge in [0.25, 0.3) is 0 Å². The molecule has 4 heteroatoms. The highest BCUT2D eigenvalue weighted by Crippen LogP contribution is 1.94. The highest BCUT2D eigenvalue weighted by atomic mass is 16.4. The van der Waals surface area contributed by atoms with E-state index in [0.29, 0.717) is 0 Å². The van der Waals surface area contributed by atoms with Gasteiger partial charge in [-0.15, -0.1) is 0 Å². The Kier molecular flexibility index (Phi) is 1.71. The molecule has 0 spiro atoms. The Morgan fingerprint density at radius 2 is 2.60 bits per heavy atom. The van der Waals surface area contributed by atoms with Crippen LogP contribution >= 0.6 is 0 Å². The van der Waals surface area contributed by atoms with Crippen molar-refractivity contribution in [3.05, 3.63) is 18.0 Å². The van der Waals surface area contributed by atoms with Gasteiger partial charge in [-0.25, -0.2) is 4.79 Å². The Labute approximate surface area is 58.1 Å². The van der Waals surface area contributed by atoms with E-state index in [1.807, 2.05) is 6.92 Å². The van der Waals surface area contributed by atoms with E-state index in [4.69, 9.17) is 5.11 Å². The molecule has 4 nitrogen and oxygen atoms in total. The number of aromatic nitrogens is 2. The van der Waals surface area contributed by atoms with Gasteiger partial charge in [-0.05, 0) is 12.5 Å². The fourth-order valence-electron chi connectivity index (χ4n) is 0.657. The summed E-state index contributed by atoms with van der Waals surface area (Å²) in [5.74, 6) is 0. The fourth-order valence-corrected chi connectivity index (χ4v) is 0.657. The molecule has 0 aliphatic heterocycles. The Balaban J connectivity index is 2.88. The molecule has 0 aliphatic carbocycles. The van der Waals surface area contributed by atoms with Gasteiger partial charge in [-0.1, -0.05) is 6.92 Å². The van der Waals surface area contributed by atoms with Crippen LogP contribution < -0.4 is 0 Å². The van der Waals surface area contributed by atoms with E-state index in [9.17, 15) is 4.79 Å². The molecule has 1 aromatic rings. The van der Waals surface area contributed by atoms with E-state index in [-0.39, 0.29) is 0 Å². The van der Waals surface area contributed by atoms with Gasteiger partial charge in [0.2, 0.25) is 0 Å². The summed E-state index contributed by atoms with van der Waals surface area (Å²) in [5.41, 5.74) is 0.794. The van der Waals surface area contributed by atoms with Gasteiger partial charge >= 0.3 is 6.09 Å². The van der Waals surface area contributed by atoms with Crippen LogP contribution in [0.25, 0.3) is 0 Å². The van der Waals surface area contributed by atoms with Crippen LogP contribution in [0.4, 0.5) is 4.79 Å². The predicted octanol–water partition coefficient (Wildman–Crippen LogP) is 0.972. The molecule has 0 aromatic carbocycles. The van der Waals surface area contributed by atoms with Crippen molar-refractivity contribution in [2.24, 2.45) is 0 Å². The second kappa shape index (κ2) is 2.51. The zero-order valence-electron chi connectivity index (χ0n) is 5.61. The second-order valence-corrected chi connectivity index (χ2v) is 1.89. The molecular weight excluding hydrogens is 132 g/mol. The maximum atomic E-state index is 10.2. The topological polar surface area (TPSA) is 55.1 Å². The lowest BCUT2D eigenvalue weighted by atomic mass is 10.4. The summed E-state index contributed by atoms with van der Waals surface area (Å²) in [7, 11) is 0. The van der Waals surface area contributed by atoms with Crippen LogP contribution in [0, 0.1) is 0 Å². The normalized spacial score (nSPS) is 9.70. The molecule has 0 amide bonds. The SMILES string of the molecule is CCc1ccn(C(=O)O)n1. The minimum absolute atomic E-state index is 0.764. The number of rotatable bonds is 1. The number of hydrogen-bond acceptors (Lipinski definition) is 2. The first-order valence-corrected chi connectivity index (χ1v) is 3.02. The van der Waals surface area contributed by atoms with Crippen molar-refractivity contribution in [1.82, 2.24) is 9.78 Å². The number of hydrogen-bond donors (Lipinski definition) is 1. The van der Waals surface area contributed by atoms with Crippen molar-refractivity contribution in [2.75, 3.05) is 0 Å². The van der Waals surface area contributed by atoms with E-state index in [2.05, 4.69) is 5.10 Å². The Hall–Kier alpha value is -1.32. The van der Waals surface area contributed by atoms with Crippen LogP contribution in [0.15, 0.2) is 12.3 Å². The number of carbonyl (C=O) groups is 1. The maximum Gasteiger partial charge on any atom is 0.432 e. The van der Waals surface area contributed by atoms with Crippen LogP contribution in [0.5, 0.6) is 0 Å². The lowest BCUT2D eigenvalue weighted by Gasteiger charge is -1.88. The first kappa shape index (κ1) is 6.80. The molecule has 0 saturated carbocycles. The minimum atomic E-state index is -1.04. The predicted molar refractivity (Wildman–Crippen MR) is 35.0 cm³/mol. The van der Waals surface area contributed by atoms with Crippen LogP contribution in [0.3, 0.4) is 0 Å². The Bertz CT molecular complexity index is 242. The average Bonchev–Trinajstić information content (AvgIpc) is 2.34. The maximum absolute atomic E-state index is 10.2. The van der Waals surface area contributed by atoms with Crippen LogP contribution in [-0.4, -0.2) is 21.0 Å². The molecule has 0 fully saturated rings. The molecular formula is C6H8N2O2. The third kappa shape index (κ3) is 1.15. The van der Waals surface area contributed by atoms with Crippen molar-refractivity contribution in [1.29, 1.82) is 0 Å². The summed E-state index contributed by atoms with van der Waals surface area (Å²) in [4.78, 5) is 10.2. The van der Waals surface area contributed by atoms with Crippen molar-refractivity contribution in [2.45, 2.75) is 13.3 Å². The zero-order valence-corrected chi connectivity index (χ0v) is 5.61. The van der Waals surface area contributed by atoms with Gasteiger partial charge in [-0.2, -0.15) is 9.78 Å². The molecule has 1 aromatic heterocycles. The summed E-state index contributed by atoms with van der Waals surface area (Å²) in [6.07, 6.45) is 1.15. The molecule has 10 heavy (non-hydrogen) atoms. The van der Waals surface area contributed by atoms with Crippen LogP contribution in [0.1, 0.15) is 12.6 Å². The van der Waals surface area contributed by atoms with E-state index in [1.54, 1.807) is 6.07 Å². The Morgan fingerprint density at radius 1 is 1.90 bits per heavy atom. The molecule has 54 valence electrons. The first-order chi connectivity index (χ1) is 4.74. The summed E-state index contributed by atoms with van der Waals surface area (Å²) in [6.45, 7) is 1.93. The summed E-state index contributed by atoms with van der Waals surface area (Å²) < 4.78 is 0.902. The molecule has 0 radical (unpaired) electrons. The van der Waals surface area contributed by atoms with Crippen molar-refractivity contribution < 1.29 is 9.90 Å². The standard InChI is InChI=1S/C6H8N2O2/c1-2-5-3-4-8(7-5)6(9)10/h3-4H,2H2,1H3,(H,9,10). The molecule has 0 aliphatic rings. The third-order valence-electron chi connectivity index (χ3n) is 1.20. The lowest BCUT2D eigenvalue weighted by molar-refractivity contribution is 0.192. The quantitative estimate of drug-likeness (QED) is 0.632. The monoisotopic (exact) mass is 140 g/mol. The first-order valence-electron chi connectivity index (χ1n) is 3.02. The summed E-state index contributed by atoms with van der Waals surface area (Å²) >= 11 is 0. The van der Waals surface area contributed by atoms with Crippen LogP contribution in [0.2, 0.25) is 0 Å². The molecule has 1 N–H and O–H groups in total. The van der Waals surface area contributed by atoms with Gasteiger partial charge in [0.15, 0.2) is 0 Å². The molecule has 0 bridgehead atoms. The highest BCUT2D eigenvalue weighted by Gasteiger charge is 2.00. The van der Waals surface area contributed by atoms with Crippen LogP contribution in [-0.2, 0) is 6.42 Å². The largest absolute Gasteiger partial charge is 0.463 e. The van der Waals surface area contributed by atoms with E-state index in [0.717, 1.165) is 16.8 Å². The minimum Gasteiger partial charge on any atom is -0.463 e. The molecule has 0 unspecified atom stereocenters. The lowest BCUT2D eigenvalue weighted by Crippen LogP contribution is -2.08. The number of nitrogens with zero attached hydrogens (tertiary/aromatic N) is 2. The molecule has 0 atom stereocenters. The van der Waals surface area contributed by atoms with Gasteiger partial charge in [0.1, 0.15) is 0 Å².